The number of hydrogen-bond donors (Lipinski definition) is 0. The monoisotopic (exact) mass is 563 g/mol. The molecule has 6 aromatic carbocycles. The van der Waals surface area contributed by atoms with E-state index in [9.17, 15) is 0 Å². The molecule has 0 saturated carbocycles. The van der Waals surface area contributed by atoms with E-state index >= 15 is 0 Å². The zero-order valence-electron chi connectivity index (χ0n) is 23.3. The lowest BCUT2D eigenvalue weighted by molar-refractivity contribution is 1.37. The number of nitrogens with zero attached hydrogens (tertiary/aromatic N) is 1. The molecule has 0 atom stereocenters. The van der Waals surface area contributed by atoms with E-state index in [-0.39, 0.29) is 0 Å². The van der Waals surface area contributed by atoms with E-state index < -0.39 is 0 Å². The molecule has 0 amide bonds. The van der Waals surface area contributed by atoms with Gasteiger partial charge in [0, 0.05) is 27.9 Å². The smallest absolute Gasteiger partial charge is 0.0538 e. The molecule has 2 heterocycles. The number of hydrogen-bond acceptors (Lipinski definition) is 2. The molecule has 8 aromatic rings. The van der Waals surface area contributed by atoms with Gasteiger partial charge in [0.25, 0.3) is 0 Å². The Morgan fingerprint density at radius 3 is 1.67 bits per heavy atom. The topological polar surface area (TPSA) is 12.9 Å². The minimum absolute atomic E-state index is 1.22. The van der Waals surface area contributed by atoms with Crippen LogP contribution >= 0.6 is 11.3 Å². The summed E-state index contributed by atoms with van der Waals surface area (Å²) in [5.74, 6) is 0. The molecule has 1 nitrogen and oxygen atoms in total. The summed E-state index contributed by atoms with van der Waals surface area (Å²) < 4.78 is 2.52. The molecule has 1 aliphatic carbocycles. The molecular formula is C41H25NS. The Labute approximate surface area is 254 Å². The maximum Gasteiger partial charge on any atom is 0.0538 e. The van der Waals surface area contributed by atoms with Crippen LogP contribution in [-0.2, 0) is 0 Å². The van der Waals surface area contributed by atoms with Gasteiger partial charge in [-0.15, -0.1) is 11.3 Å². The van der Waals surface area contributed by atoms with Gasteiger partial charge in [-0.1, -0.05) is 115 Å². The van der Waals surface area contributed by atoms with Gasteiger partial charge in [-0.05, 0) is 91.0 Å². The molecule has 0 spiro atoms. The summed E-state index contributed by atoms with van der Waals surface area (Å²) in [7, 11) is 0. The summed E-state index contributed by atoms with van der Waals surface area (Å²) in [4.78, 5) is 4.33. The second-order valence-corrected chi connectivity index (χ2v) is 12.2. The van der Waals surface area contributed by atoms with Crippen molar-refractivity contribution < 1.29 is 0 Å². The first-order valence-electron chi connectivity index (χ1n) is 14.6. The number of thiophene rings is 1. The molecule has 0 N–H and O–H groups in total. The number of pyridine rings is 1. The fraction of sp³-hybridized carbons (Fsp3) is 0. The van der Waals surface area contributed by atoms with Gasteiger partial charge in [-0.3, -0.25) is 4.98 Å². The third-order valence-corrected chi connectivity index (χ3v) is 9.89. The summed E-state index contributed by atoms with van der Waals surface area (Å²) in [5.41, 5.74) is 15.1. The highest BCUT2D eigenvalue weighted by Gasteiger charge is 2.23. The number of benzene rings is 6. The SMILES string of the molecule is c1cc(-c2ccc3sc4cnccc4c3c2)cc(-c2cccc3c2-c2ccccc2-c2ccccc2-c2ccccc2-3)c1. The molecule has 0 aliphatic heterocycles. The fourth-order valence-electron chi connectivity index (χ4n) is 6.83. The predicted molar refractivity (Wildman–Crippen MR) is 183 cm³/mol. The second kappa shape index (κ2) is 9.62. The number of fused-ring (bicyclic) bond motifs is 11. The molecule has 0 fully saturated rings. The van der Waals surface area contributed by atoms with E-state index in [1.807, 2.05) is 12.4 Å². The fourth-order valence-corrected chi connectivity index (χ4v) is 7.88. The molecule has 200 valence electrons. The van der Waals surface area contributed by atoms with Crippen LogP contribution in [0.4, 0.5) is 0 Å². The van der Waals surface area contributed by atoms with Crippen LogP contribution in [0.2, 0.25) is 0 Å². The quantitative estimate of drug-likeness (QED) is 0.204. The Hall–Kier alpha value is -5.31. The van der Waals surface area contributed by atoms with Gasteiger partial charge >= 0.3 is 0 Å². The number of rotatable bonds is 2. The average molecular weight is 564 g/mol. The third kappa shape index (κ3) is 3.81. The van der Waals surface area contributed by atoms with E-state index in [1.165, 1.54) is 86.9 Å². The lowest BCUT2D eigenvalue weighted by atomic mass is 9.78. The Morgan fingerprint density at radius 1 is 0.372 bits per heavy atom. The van der Waals surface area contributed by atoms with Crippen LogP contribution in [0.5, 0.6) is 0 Å². The molecule has 0 saturated heterocycles. The first-order valence-corrected chi connectivity index (χ1v) is 15.4. The minimum atomic E-state index is 1.22. The molecule has 2 aromatic heterocycles. The Bertz CT molecular complexity index is 2350. The van der Waals surface area contributed by atoms with Crippen molar-refractivity contribution in [2.75, 3.05) is 0 Å². The molecule has 0 bridgehead atoms. The highest BCUT2D eigenvalue weighted by Crippen LogP contribution is 2.50. The zero-order chi connectivity index (χ0) is 28.3. The predicted octanol–water partition coefficient (Wildman–Crippen LogP) is 11.8. The van der Waals surface area contributed by atoms with Gasteiger partial charge in [0.1, 0.15) is 0 Å². The summed E-state index contributed by atoms with van der Waals surface area (Å²) in [6.07, 6.45) is 3.86. The summed E-state index contributed by atoms with van der Waals surface area (Å²) >= 11 is 1.81. The van der Waals surface area contributed by atoms with Gasteiger partial charge in [0.15, 0.2) is 0 Å². The first kappa shape index (κ1) is 24.3. The molecular weight excluding hydrogens is 539 g/mol. The van der Waals surface area contributed by atoms with Crippen LogP contribution in [0.3, 0.4) is 0 Å². The average Bonchev–Trinajstić information content (AvgIpc) is 3.45. The largest absolute Gasteiger partial charge is 0.263 e. The zero-order valence-corrected chi connectivity index (χ0v) is 24.1. The van der Waals surface area contributed by atoms with Gasteiger partial charge in [0.05, 0.1) is 4.70 Å². The highest BCUT2D eigenvalue weighted by atomic mass is 32.1. The van der Waals surface area contributed by atoms with Gasteiger partial charge < -0.3 is 0 Å². The third-order valence-electron chi connectivity index (χ3n) is 8.77. The van der Waals surface area contributed by atoms with E-state index in [2.05, 4.69) is 145 Å². The molecule has 43 heavy (non-hydrogen) atoms. The van der Waals surface area contributed by atoms with Gasteiger partial charge in [-0.25, -0.2) is 0 Å². The van der Waals surface area contributed by atoms with Crippen LogP contribution in [0.15, 0.2) is 152 Å². The Morgan fingerprint density at radius 2 is 0.930 bits per heavy atom. The Kier molecular flexibility index (Phi) is 5.44. The van der Waals surface area contributed by atoms with E-state index in [0.29, 0.717) is 0 Å². The van der Waals surface area contributed by atoms with E-state index in [4.69, 9.17) is 0 Å². The van der Waals surface area contributed by atoms with Gasteiger partial charge in [-0.2, -0.15) is 0 Å². The van der Waals surface area contributed by atoms with Crippen molar-refractivity contribution in [2.45, 2.75) is 0 Å². The van der Waals surface area contributed by atoms with Crippen LogP contribution < -0.4 is 0 Å². The Balaban J connectivity index is 1.29. The van der Waals surface area contributed by atoms with Crippen LogP contribution in [-0.4, -0.2) is 4.98 Å². The highest BCUT2D eigenvalue weighted by molar-refractivity contribution is 7.25. The van der Waals surface area contributed by atoms with Crippen molar-refractivity contribution in [1.82, 2.24) is 4.98 Å². The van der Waals surface area contributed by atoms with Crippen molar-refractivity contribution in [3.05, 3.63) is 152 Å². The van der Waals surface area contributed by atoms with Crippen molar-refractivity contribution in [2.24, 2.45) is 0 Å². The summed E-state index contributed by atoms with van der Waals surface area (Å²) in [6, 6.07) is 51.4. The van der Waals surface area contributed by atoms with Crippen LogP contribution in [0.25, 0.3) is 86.9 Å². The first-order chi connectivity index (χ1) is 21.3. The molecule has 2 heteroatoms. The van der Waals surface area contributed by atoms with E-state index in [1.54, 1.807) is 11.3 Å². The molecule has 9 rings (SSSR count). The minimum Gasteiger partial charge on any atom is -0.263 e. The maximum atomic E-state index is 4.33. The lowest BCUT2D eigenvalue weighted by Gasteiger charge is -2.25. The summed E-state index contributed by atoms with van der Waals surface area (Å²) in [5, 5.41) is 2.56. The number of aromatic nitrogens is 1. The van der Waals surface area contributed by atoms with Gasteiger partial charge in [0.2, 0.25) is 0 Å². The second-order valence-electron chi connectivity index (χ2n) is 11.1. The molecule has 0 radical (unpaired) electrons. The van der Waals surface area contributed by atoms with Crippen molar-refractivity contribution in [3.8, 4) is 66.8 Å². The standard InChI is InChI=1S/C41H25NS/c1-2-12-31-30(11-1)32-13-3-4-14-34(32)37-18-8-17-29(41(37)36-16-6-5-15-33(31)36)28-10-7-9-26(23-28)27-19-20-39-38(24-27)35-21-22-42-25-40(35)43-39/h1-25H. The maximum absolute atomic E-state index is 4.33. The van der Waals surface area contributed by atoms with Crippen LogP contribution in [0, 0.1) is 0 Å². The lowest BCUT2D eigenvalue weighted by Crippen LogP contribution is -1.98. The normalized spacial score (nSPS) is 11.7. The summed E-state index contributed by atoms with van der Waals surface area (Å²) in [6.45, 7) is 0. The van der Waals surface area contributed by atoms with Crippen LogP contribution in [0.1, 0.15) is 0 Å². The van der Waals surface area contributed by atoms with Crippen molar-refractivity contribution in [3.63, 3.8) is 0 Å². The molecule has 1 aliphatic rings. The van der Waals surface area contributed by atoms with Crippen molar-refractivity contribution in [1.29, 1.82) is 0 Å². The molecule has 0 unspecified atom stereocenters. The van der Waals surface area contributed by atoms with E-state index in [0.717, 1.165) is 0 Å². The van der Waals surface area contributed by atoms with Crippen molar-refractivity contribution >= 4 is 31.5 Å².